The number of rotatable bonds is 18. The number of carboxylic acids is 1. The third-order valence-corrected chi connectivity index (χ3v) is 4.41. The van der Waals surface area contributed by atoms with Gasteiger partial charge in [-0.15, -0.1) is 0 Å². The van der Waals surface area contributed by atoms with Gasteiger partial charge in [-0.25, -0.2) is 4.79 Å². The monoisotopic (exact) mass is 464 g/mol. The van der Waals surface area contributed by atoms with E-state index in [1.165, 1.54) is 64.2 Å². The van der Waals surface area contributed by atoms with Gasteiger partial charge in [0.2, 0.25) is 0 Å². The number of hydrogen-bond donors (Lipinski definition) is 3. The minimum atomic E-state index is -4.89. The molecule has 0 fully saturated rings. The number of hydrogen-bond acceptors (Lipinski definition) is 4. The molecule has 0 aliphatic rings. The Kier molecular flexibility index (Phi) is 30.5. The van der Waals surface area contributed by atoms with Gasteiger partial charge in [0.05, 0.1) is 0 Å². The summed E-state index contributed by atoms with van der Waals surface area (Å²) < 4.78 is 14.3. The van der Waals surface area contributed by atoms with Gasteiger partial charge >= 0.3 is 57.4 Å². The molecule has 1 unspecified atom stereocenters. The number of carbonyl (C=O) groups is 1. The zero-order chi connectivity index (χ0) is 21.7. The molecule has 170 valence electrons. The molecular formula is C20H42KO7P. The smallest absolute Gasteiger partial charge is 0.756 e. The average molecular weight is 465 g/mol. The zero-order valence-corrected chi connectivity index (χ0v) is 22.8. The Labute approximate surface area is 220 Å². The molecule has 0 heterocycles. The summed E-state index contributed by atoms with van der Waals surface area (Å²) in [5.74, 6) is -0.793. The summed E-state index contributed by atoms with van der Waals surface area (Å²) in [6, 6.07) is 0. The van der Waals surface area contributed by atoms with Crippen molar-refractivity contribution >= 4 is 13.8 Å². The van der Waals surface area contributed by atoms with Crippen LogP contribution in [-0.4, -0.2) is 33.6 Å². The molecule has 0 radical (unpaired) electrons. The predicted octanol–water partition coefficient (Wildman–Crippen LogP) is 1.79. The Morgan fingerprint density at radius 2 is 1.17 bits per heavy atom. The molecule has 0 aromatic carbocycles. The second-order valence-corrected chi connectivity index (χ2v) is 8.20. The molecule has 0 saturated heterocycles. The van der Waals surface area contributed by atoms with Gasteiger partial charge in [-0.1, -0.05) is 97.3 Å². The molecule has 0 aromatic heterocycles. The number of phosphoric acid groups is 1. The summed E-state index contributed by atoms with van der Waals surface area (Å²) in [7, 11) is -4.89. The van der Waals surface area contributed by atoms with Crippen molar-refractivity contribution in [3.8, 4) is 0 Å². The summed E-state index contributed by atoms with van der Waals surface area (Å²) in [4.78, 5) is 34.1. The fourth-order valence-corrected chi connectivity index (χ4v) is 2.85. The normalized spacial score (nSPS) is 11.9. The van der Waals surface area contributed by atoms with Gasteiger partial charge in [-0.05, 0) is 12.8 Å². The van der Waals surface area contributed by atoms with E-state index >= 15 is 0 Å². The van der Waals surface area contributed by atoms with Crippen LogP contribution in [0.4, 0.5) is 0 Å². The summed E-state index contributed by atoms with van der Waals surface area (Å²) in [6.07, 6.45) is 17.2. The molecule has 7 nitrogen and oxygen atoms in total. The Balaban J connectivity index is -0.000000997. The van der Waals surface area contributed by atoms with Crippen LogP contribution in [0.25, 0.3) is 0 Å². The van der Waals surface area contributed by atoms with Gasteiger partial charge < -0.3 is 24.5 Å². The number of aliphatic carboxylic acids is 1. The van der Waals surface area contributed by atoms with Crippen molar-refractivity contribution in [2.24, 2.45) is 0 Å². The van der Waals surface area contributed by atoms with E-state index in [0.29, 0.717) is 13.0 Å². The van der Waals surface area contributed by atoms with Crippen LogP contribution in [0, 0.1) is 0 Å². The van der Waals surface area contributed by atoms with Crippen LogP contribution >= 0.6 is 7.82 Å². The molecule has 0 aliphatic heterocycles. The first-order chi connectivity index (χ1) is 13.2. The molecule has 0 saturated carbocycles. The van der Waals surface area contributed by atoms with E-state index in [1.54, 1.807) is 0 Å². The SMILES string of the molecule is CCCCCCCCCCC(OCCCCCCCC)C(=O)O.O=P([O-])(O)O.[K+]. The van der Waals surface area contributed by atoms with Crippen LogP contribution in [0.15, 0.2) is 0 Å². The van der Waals surface area contributed by atoms with E-state index in [1.807, 2.05) is 0 Å². The quantitative estimate of drug-likeness (QED) is 0.160. The van der Waals surface area contributed by atoms with E-state index in [4.69, 9.17) is 24.0 Å². The molecule has 1 atom stereocenters. The van der Waals surface area contributed by atoms with Crippen molar-refractivity contribution in [2.75, 3.05) is 6.61 Å². The molecule has 0 spiro atoms. The van der Waals surface area contributed by atoms with Crippen molar-refractivity contribution in [1.29, 1.82) is 0 Å². The minimum absolute atomic E-state index is 0. The molecule has 9 heteroatoms. The topological polar surface area (TPSA) is 127 Å². The van der Waals surface area contributed by atoms with Gasteiger partial charge in [-0.2, -0.15) is 0 Å². The Hall–Kier alpha value is 1.18. The summed E-state index contributed by atoms with van der Waals surface area (Å²) in [5.41, 5.74) is 0. The summed E-state index contributed by atoms with van der Waals surface area (Å²) in [6.45, 7) is 5.04. The second-order valence-electron chi connectivity index (χ2n) is 7.22. The van der Waals surface area contributed by atoms with Gasteiger partial charge in [0.15, 0.2) is 6.10 Å². The van der Waals surface area contributed by atoms with Crippen LogP contribution in [0.5, 0.6) is 0 Å². The molecule has 0 aromatic rings. The average Bonchev–Trinajstić information content (AvgIpc) is 2.59. The standard InChI is InChI=1S/C20H40O3.K.H3O4P/c1-3-5-7-9-11-12-13-15-17-19(20(21)22)23-18-16-14-10-8-6-4-2;;1-5(2,3)4/h19H,3-18H2,1-2H3,(H,21,22);;(H3,1,2,3,4)/q;+1;/p-1. The van der Waals surface area contributed by atoms with Crippen molar-refractivity contribution in [1.82, 2.24) is 0 Å². The minimum Gasteiger partial charge on any atom is -0.756 e. The Morgan fingerprint density at radius 3 is 1.55 bits per heavy atom. The van der Waals surface area contributed by atoms with E-state index in [0.717, 1.165) is 25.7 Å². The fourth-order valence-electron chi connectivity index (χ4n) is 2.85. The van der Waals surface area contributed by atoms with Crippen LogP contribution < -0.4 is 56.3 Å². The number of unbranched alkanes of at least 4 members (excludes halogenated alkanes) is 12. The number of ether oxygens (including phenoxy) is 1. The van der Waals surface area contributed by atoms with Crippen LogP contribution in [-0.2, 0) is 14.1 Å². The van der Waals surface area contributed by atoms with Crippen LogP contribution in [0.2, 0.25) is 0 Å². The molecule has 29 heavy (non-hydrogen) atoms. The van der Waals surface area contributed by atoms with E-state index in [-0.39, 0.29) is 51.4 Å². The van der Waals surface area contributed by atoms with Crippen LogP contribution in [0.3, 0.4) is 0 Å². The maximum absolute atomic E-state index is 11.2. The van der Waals surface area contributed by atoms with Gasteiger partial charge in [-0.3, -0.25) is 4.57 Å². The Bertz CT molecular complexity index is 383. The molecule has 3 N–H and O–H groups in total. The molecule has 0 amide bonds. The molecule has 0 bridgehead atoms. The van der Waals surface area contributed by atoms with Crippen molar-refractivity contribution in [3.63, 3.8) is 0 Å². The predicted molar refractivity (Wildman–Crippen MR) is 110 cm³/mol. The molecule has 0 aliphatic carbocycles. The van der Waals surface area contributed by atoms with Gasteiger partial charge in [0.1, 0.15) is 0 Å². The zero-order valence-electron chi connectivity index (χ0n) is 18.8. The van der Waals surface area contributed by atoms with E-state index in [9.17, 15) is 9.90 Å². The molecule has 0 rings (SSSR count). The van der Waals surface area contributed by atoms with E-state index < -0.39 is 19.9 Å². The maximum atomic E-state index is 11.2. The van der Waals surface area contributed by atoms with Crippen molar-refractivity contribution in [2.45, 2.75) is 116 Å². The third kappa shape index (κ3) is 36.9. The third-order valence-electron chi connectivity index (χ3n) is 4.41. The van der Waals surface area contributed by atoms with E-state index in [2.05, 4.69) is 13.8 Å². The second kappa shape index (κ2) is 25.4. The first-order valence-corrected chi connectivity index (χ1v) is 12.4. The van der Waals surface area contributed by atoms with Crippen molar-refractivity contribution < 1.29 is 85.3 Å². The molecular weight excluding hydrogens is 422 g/mol. The maximum Gasteiger partial charge on any atom is 1.00 e. The first kappa shape index (κ1) is 34.8. The Morgan fingerprint density at radius 1 is 0.828 bits per heavy atom. The van der Waals surface area contributed by atoms with Gasteiger partial charge in [0.25, 0.3) is 7.82 Å². The summed E-state index contributed by atoms with van der Waals surface area (Å²) in [5, 5.41) is 9.22. The number of carboxylic acid groups (broad SMARTS) is 1. The first-order valence-electron chi connectivity index (χ1n) is 10.8. The van der Waals surface area contributed by atoms with Crippen molar-refractivity contribution in [3.05, 3.63) is 0 Å². The summed E-state index contributed by atoms with van der Waals surface area (Å²) >= 11 is 0. The fraction of sp³-hybridized carbons (Fsp3) is 0.950. The van der Waals surface area contributed by atoms with Gasteiger partial charge in [0, 0.05) is 6.61 Å². The van der Waals surface area contributed by atoms with Crippen LogP contribution in [0.1, 0.15) is 110 Å². The largest absolute Gasteiger partial charge is 1.00 e.